The molecule has 2 saturated heterocycles. The summed E-state index contributed by atoms with van der Waals surface area (Å²) in [5, 5.41) is 0.841. The van der Waals surface area contributed by atoms with E-state index in [-0.39, 0.29) is 18.0 Å². The molecule has 3 amide bonds. The van der Waals surface area contributed by atoms with Crippen LogP contribution in [0, 0.1) is 13.8 Å². The summed E-state index contributed by atoms with van der Waals surface area (Å²) in [5.74, 6) is -0.0528. The van der Waals surface area contributed by atoms with E-state index in [1.54, 1.807) is 16.2 Å². The first-order chi connectivity index (χ1) is 8.58. The SMILES string of the molecule is Cc1nc(CN2C(=O)C3CCCN3C2=O)sc1C. The Morgan fingerprint density at radius 2 is 2.17 bits per heavy atom. The molecule has 0 aromatic carbocycles. The van der Waals surface area contributed by atoms with Crippen molar-refractivity contribution in [3.63, 3.8) is 0 Å². The Morgan fingerprint density at radius 1 is 1.39 bits per heavy atom. The van der Waals surface area contributed by atoms with Crippen LogP contribution >= 0.6 is 11.3 Å². The van der Waals surface area contributed by atoms with Gasteiger partial charge in [0.15, 0.2) is 0 Å². The van der Waals surface area contributed by atoms with E-state index in [4.69, 9.17) is 0 Å². The smallest absolute Gasteiger partial charge is 0.312 e. The lowest BCUT2D eigenvalue weighted by Gasteiger charge is -2.13. The van der Waals surface area contributed by atoms with E-state index in [1.807, 2.05) is 13.8 Å². The standard InChI is InChI=1S/C12H15N3O2S/c1-7-8(2)18-10(13-7)6-15-11(16)9-4-3-5-14(9)12(15)17/h9H,3-6H2,1-2H3. The summed E-state index contributed by atoms with van der Waals surface area (Å²) in [6.07, 6.45) is 1.74. The van der Waals surface area contributed by atoms with Gasteiger partial charge < -0.3 is 4.90 Å². The largest absolute Gasteiger partial charge is 0.327 e. The van der Waals surface area contributed by atoms with Crippen molar-refractivity contribution in [3.05, 3.63) is 15.6 Å². The minimum Gasteiger partial charge on any atom is -0.312 e. The van der Waals surface area contributed by atoms with E-state index in [0.29, 0.717) is 13.1 Å². The average Bonchev–Trinajstić information content (AvgIpc) is 2.97. The summed E-state index contributed by atoms with van der Waals surface area (Å²) in [6, 6.07) is -0.354. The predicted molar refractivity (Wildman–Crippen MR) is 67.3 cm³/mol. The van der Waals surface area contributed by atoms with Gasteiger partial charge in [0, 0.05) is 11.4 Å². The number of nitrogens with zero attached hydrogens (tertiary/aromatic N) is 3. The van der Waals surface area contributed by atoms with Crippen molar-refractivity contribution in [2.75, 3.05) is 6.54 Å². The van der Waals surface area contributed by atoms with Gasteiger partial charge in [-0.1, -0.05) is 0 Å². The highest BCUT2D eigenvalue weighted by molar-refractivity contribution is 7.11. The maximum atomic E-state index is 12.1. The Hall–Kier alpha value is -1.43. The normalized spacial score (nSPS) is 23.1. The van der Waals surface area contributed by atoms with Gasteiger partial charge in [0.25, 0.3) is 5.91 Å². The molecule has 3 heterocycles. The van der Waals surface area contributed by atoms with Crippen molar-refractivity contribution in [2.45, 2.75) is 39.3 Å². The van der Waals surface area contributed by atoms with Crippen molar-refractivity contribution < 1.29 is 9.59 Å². The van der Waals surface area contributed by atoms with E-state index >= 15 is 0 Å². The van der Waals surface area contributed by atoms with E-state index in [2.05, 4.69) is 4.98 Å². The molecule has 3 rings (SSSR count). The van der Waals surface area contributed by atoms with Crippen LogP contribution in [0.3, 0.4) is 0 Å². The molecule has 0 radical (unpaired) electrons. The van der Waals surface area contributed by atoms with Crippen LogP contribution in [-0.4, -0.2) is 39.3 Å². The van der Waals surface area contributed by atoms with E-state index in [1.165, 1.54) is 4.90 Å². The van der Waals surface area contributed by atoms with Gasteiger partial charge in [-0.15, -0.1) is 11.3 Å². The van der Waals surface area contributed by atoms with E-state index in [9.17, 15) is 9.59 Å². The Kier molecular flexibility index (Phi) is 2.62. The van der Waals surface area contributed by atoms with Gasteiger partial charge in [0.2, 0.25) is 0 Å². The topological polar surface area (TPSA) is 53.5 Å². The second kappa shape index (κ2) is 4.05. The molecule has 0 aliphatic carbocycles. The van der Waals surface area contributed by atoms with Gasteiger partial charge in [-0.2, -0.15) is 0 Å². The summed E-state index contributed by atoms with van der Waals surface area (Å²) < 4.78 is 0. The summed E-state index contributed by atoms with van der Waals surface area (Å²) >= 11 is 1.56. The highest BCUT2D eigenvalue weighted by Crippen LogP contribution is 2.29. The number of aryl methyl sites for hydroxylation is 2. The fraction of sp³-hybridized carbons (Fsp3) is 0.583. The Labute approximate surface area is 109 Å². The van der Waals surface area contributed by atoms with E-state index in [0.717, 1.165) is 28.4 Å². The van der Waals surface area contributed by atoms with Gasteiger partial charge in [0.05, 0.1) is 12.2 Å². The first kappa shape index (κ1) is 11.6. The first-order valence-electron chi connectivity index (χ1n) is 6.13. The van der Waals surface area contributed by atoms with Crippen LogP contribution in [0.2, 0.25) is 0 Å². The van der Waals surface area contributed by atoms with Crippen LogP contribution in [0.1, 0.15) is 28.4 Å². The summed E-state index contributed by atoms with van der Waals surface area (Å²) in [6.45, 7) is 4.98. The van der Waals surface area contributed by atoms with Crippen molar-refractivity contribution in [1.82, 2.24) is 14.8 Å². The van der Waals surface area contributed by atoms with Gasteiger partial charge in [-0.3, -0.25) is 9.69 Å². The number of fused-ring (bicyclic) bond motifs is 1. The van der Waals surface area contributed by atoms with Gasteiger partial charge in [-0.25, -0.2) is 9.78 Å². The third-order valence-electron chi connectivity index (χ3n) is 3.65. The second-order valence-electron chi connectivity index (χ2n) is 4.81. The second-order valence-corrected chi connectivity index (χ2v) is 6.10. The van der Waals surface area contributed by atoms with Crippen LogP contribution in [0.4, 0.5) is 4.79 Å². The molecule has 18 heavy (non-hydrogen) atoms. The van der Waals surface area contributed by atoms with Gasteiger partial charge in [-0.05, 0) is 26.7 Å². The number of carbonyl (C=O) groups excluding carboxylic acids is 2. The zero-order valence-electron chi connectivity index (χ0n) is 10.5. The minimum atomic E-state index is -0.209. The quantitative estimate of drug-likeness (QED) is 0.765. The molecule has 2 aliphatic heterocycles. The molecule has 1 unspecified atom stereocenters. The molecule has 1 aromatic rings. The highest BCUT2D eigenvalue weighted by atomic mass is 32.1. The Bertz CT molecular complexity index is 484. The number of hydrogen-bond acceptors (Lipinski definition) is 4. The van der Waals surface area contributed by atoms with Crippen molar-refractivity contribution >= 4 is 23.3 Å². The molecule has 96 valence electrons. The predicted octanol–water partition coefficient (Wildman–Crippen LogP) is 1.69. The monoisotopic (exact) mass is 265 g/mol. The maximum absolute atomic E-state index is 12.1. The molecule has 1 aromatic heterocycles. The maximum Gasteiger partial charge on any atom is 0.327 e. The zero-order valence-corrected chi connectivity index (χ0v) is 11.3. The molecular weight excluding hydrogens is 250 g/mol. The minimum absolute atomic E-state index is 0.0528. The fourth-order valence-corrected chi connectivity index (χ4v) is 3.49. The van der Waals surface area contributed by atoms with Gasteiger partial charge in [0.1, 0.15) is 11.0 Å². The number of rotatable bonds is 2. The Balaban J connectivity index is 1.81. The number of amides is 3. The van der Waals surface area contributed by atoms with Crippen LogP contribution in [-0.2, 0) is 11.3 Å². The lowest BCUT2D eigenvalue weighted by molar-refractivity contribution is -0.128. The van der Waals surface area contributed by atoms with Crippen molar-refractivity contribution in [3.8, 4) is 0 Å². The third-order valence-corrected chi connectivity index (χ3v) is 4.70. The molecule has 6 heteroatoms. The molecule has 0 bridgehead atoms. The number of aromatic nitrogens is 1. The Morgan fingerprint density at radius 3 is 2.78 bits per heavy atom. The molecular formula is C12H15N3O2S. The zero-order chi connectivity index (χ0) is 12.9. The summed E-state index contributed by atoms with van der Waals surface area (Å²) in [5.41, 5.74) is 0.981. The molecule has 2 aliphatic rings. The van der Waals surface area contributed by atoms with Crippen LogP contribution in [0.15, 0.2) is 0 Å². The van der Waals surface area contributed by atoms with E-state index < -0.39 is 0 Å². The van der Waals surface area contributed by atoms with Crippen LogP contribution < -0.4 is 0 Å². The molecule has 2 fully saturated rings. The average molecular weight is 265 g/mol. The first-order valence-corrected chi connectivity index (χ1v) is 6.94. The fourth-order valence-electron chi connectivity index (χ4n) is 2.57. The van der Waals surface area contributed by atoms with Crippen molar-refractivity contribution in [1.29, 1.82) is 0 Å². The highest BCUT2D eigenvalue weighted by Gasteiger charge is 2.47. The number of imide groups is 1. The molecule has 0 N–H and O–H groups in total. The number of urea groups is 1. The van der Waals surface area contributed by atoms with Crippen LogP contribution in [0.25, 0.3) is 0 Å². The lowest BCUT2D eigenvalue weighted by Crippen LogP contribution is -2.32. The van der Waals surface area contributed by atoms with Gasteiger partial charge >= 0.3 is 6.03 Å². The molecule has 0 spiro atoms. The third kappa shape index (κ3) is 1.63. The number of carbonyl (C=O) groups is 2. The van der Waals surface area contributed by atoms with Crippen molar-refractivity contribution in [2.24, 2.45) is 0 Å². The van der Waals surface area contributed by atoms with Crippen LogP contribution in [0.5, 0.6) is 0 Å². The summed E-state index contributed by atoms with van der Waals surface area (Å²) in [4.78, 5) is 32.8. The number of thiazole rings is 1. The lowest BCUT2D eigenvalue weighted by atomic mass is 10.2. The molecule has 0 saturated carbocycles. The molecule has 1 atom stereocenters. The number of hydrogen-bond donors (Lipinski definition) is 0. The summed E-state index contributed by atoms with van der Waals surface area (Å²) in [7, 11) is 0. The molecule has 5 nitrogen and oxygen atoms in total.